The van der Waals surface area contributed by atoms with E-state index in [1.165, 1.54) is 6.07 Å². The third-order valence-electron chi connectivity index (χ3n) is 5.72. The Morgan fingerprint density at radius 1 is 1.25 bits per heavy atom. The van der Waals surface area contributed by atoms with Gasteiger partial charge < -0.3 is 9.84 Å². The number of pyridine rings is 2. The minimum Gasteiger partial charge on any atom is -0.486 e. The molecule has 1 atom stereocenters. The van der Waals surface area contributed by atoms with Gasteiger partial charge in [0.15, 0.2) is 5.82 Å². The summed E-state index contributed by atoms with van der Waals surface area (Å²) in [5.74, 6) is 0.0325. The van der Waals surface area contributed by atoms with E-state index in [0.29, 0.717) is 35.1 Å². The molecule has 3 aromatic heterocycles. The average Bonchev–Trinajstić information content (AvgIpc) is 2.80. The third-order valence-corrected chi connectivity index (χ3v) is 6.45. The Morgan fingerprint density at radius 2 is 2.00 bits per heavy atom. The number of hydrogen-bond acceptors (Lipinski definition) is 7. The lowest BCUT2D eigenvalue weighted by molar-refractivity contribution is 0.0686. The Morgan fingerprint density at radius 3 is 2.69 bits per heavy atom. The van der Waals surface area contributed by atoms with E-state index < -0.39 is 11.5 Å². The van der Waals surface area contributed by atoms with E-state index in [9.17, 15) is 14.3 Å². The highest BCUT2D eigenvalue weighted by Crippen LogP contribution is 2.28. The van der Waals surface area contributed by atoms with Gasteiger partial charge in [0.2, 0.25) is 5.95 Å². The average molecular weight is 556 g/mol. The number of nitrogens with zero attached hydrogens (tertiary/aromatic N) is 5. The first-order chi connectivity index (χ1) is 16.9. The molecule has 0 bridgehead atoms. The van der Waals surface area contributed by atoms with Gasteiger partial charge in [-0.3, -0.25) is 14.4 Å². The molecule has 0 amide bonds. The summed E-state index contributed by atoms with van der Waals surface area (Å²) in [6.07, 6.45) is 3.42. The maximum absolute atomic E-state index is 13.6. The minimum atomic E-state index is -1.20. The number of aromatic nitrogens is 4. The standard InChI is InChI=1S/C26H27BrFN5O3/c1-14-8-17(31-22(28)9-14)13-36-21-10-16(3)33(24(34)23(21)27)20-11-19(30-12-15(20)2)18-6-7-29-25(32-18)26(4,5)35/h6-11,15,35H,12-13H2,1-5H3/t15-/m1/s1. The molecular formula is C26H27BrFN5O3. The largest absolute Gasteiger partial charge is 0.486 e. The number of dihydropyridines is 1. The smallest absolute Gasteiger partial charge is 0.273 e. The van der Waals surface area contributed by atoms with Crippen LogP contribution in [0.1, 0.15) is 49.2 Å². The summed E-state index contributed by atoms with van der Waals surface area (Å²) in [5.41, 5.74) is 2.29. The van der Waals surface area contributed by atoms with Gasteiger partial charge in [0.25, 0.3) is 5.56 Å². The zero-order chi connectivity index (χ0) is 26.2. The lowest BCUT2D eigenvalue weighted by atomic mass is 10.0. The van der Waals surface area contributed by atoms with E-state index in [2.05, 4.69) is 35.9 Å². The number of hydrogen-bond donors (Lipinski definition) is 1. The molecule has 0 radical (unpaired) electrons. The van der Waals surface area contributed by atoms with Gasteiger partial charge >= 0.3 is 0 Å². The molecule has 1 N–H and O–H groups in total. The molecule has 0 fully saturated rings. The van der Waals surface area contributed by atoms with Crippen LogP contribution in [0.2, 0.25) is 0 Å². The van der Waals surface area contributed by atoms with Crippen LogP contribution in [0.5, 0.6) is 5.75 Å². The Labute approximate surface area is 216 Å². The monoisotopic (exact) mass is 555 g/mol. The summed E-state index contributed by atoms with van der Waals surface area (Å²) >= 11 is 3.39. The first-order valence-electron chi connectivity index (χ1n) is 11.4. The summed E-state index contributed by atoms with van der Waals surface area (Å²) in [4.78, 5) is 30.5. The maximum atomic E-state index is 13.6. The van der Waals surface area contributed by atoms with Crippen LogP contribution in [-0.4, -0.2) is 36.9 Å². The molecule has 4 rings (SSSR count). The van der Waals surface area contributed by atoms with E-state index in [0.717, 1.165) is 11.3 Å². The van der Waals surface area contributed by atoms with Crippen LogP contribution in [0, 0.1) is 25.7 Å². The lowest BCUT2D eigenvalue weighted by Crippen LogP contribution is -2.29. The van der Waals surface area contributed by atoms with Crippen molar-refractivity contribution in [2.75, 3.05) is 6.54 Å². The van der Waals surface area contributed by atoms with Crippen LogP contribution >= 0.6 is 15.9 Å². The van der Waals surface area contributed by atoms with Gasteiger partial charge in [-0.2, -0.15) is 4.39 Å². The van der Waals surface area contributed by atoms with Gasteiger partial charge in [-0.1, -0.05) is 6.92 Å². The van der Waals surface area contributed by atoms with Crippen LogP contribution in [0.25, 0.3) is 5.70 Å². The van der Waals surface area contributed by atoms with Crippen molar-refractivity contribution in [2.45, 2.75) is 46.8 Å². The molecular weight excluding hydrogens is 529 g/mol. The van der Waals surface area contributed by atoms with Crippen LogP contribution in [0.4, 0.5) is 4.39 Å². The third kappa shape index (κ3) is 5.44. The van der Waals surface area contributed by atoms with Crippen LogP contribution < -0.4 is 10.3 Å². The predicted molar refractivity (Wildman–Crippen MR) is 139 cm³/mol. The summed E-state index contributed by atoms with van der Waals surface area (Å²) in [6.45, 7) is 9.32. The van der Waals surface area contributed by atoms with Crippen molar-refractivity contribution in [2.24, 2.45) is 10.9 Å². The van der Waals surface area contributed by atoms with Crippen molar-refractivity contribution in [3.63, 3.8) is 0 Å². The highest BCUT2D eigenvalue weighted by atomic mass is 79.9. The highest BCUT2D eigenvalue weighted by Gasteiger charge is 2.24. The molecule has 0 saturated heterocycles. The van der Waals surface area contributed by atoms with Crippen LogP contribution in [0.3, 0.4) is 0 Å². The molecule has 0 spiro atoms. The van der Waals surface area contributed by atoms with E-state index in [-0.39, 0.29) is 28.4 Å². The number of allylic oxidation sites excluding steroid dienone is 1. The van der Waals surface area contributed by atoms with Crippen molar-refractivity contribution >= 4 is 27.3 Å². The molecule has 0 aliphatic carbocycles. The second kappa shape index (κ2) is 10.0. The van der Waals surface area contributed by atoms with E-state index in [1.807, 2.05) is 19.9 Å². The van der Waals surface area contributed by atoms with Gasteiger partial charge in [-0.25, -0.2) is 15.0 Å². The van der Waals surface area contributed by atoms with Gasteiger partial charge in [0.05, 0.1) is 17.1 Å². The molecule has 10 heteroatoms. The molecule has 4 heterocycles. The quantitative estimate of drug-likeness (QED) is 0.454. The predicted octanol–water partition coefficient (Wildman–Crippen LogP) is 4.34. The van der Waals surface area contributed by atoms with Gasteiger partial charge in [-0.15, -0.1) is 0 Å². The SMILES string of the molecule is Cc1cc(F)nc(COc2cc(C)n(C3=CC(c4ccnc(C(C)(C)O)n4)=NC[C@H]3C)c(=O)c2Br)c1. The number of aliphatic imine (C=N–C) groups is 1. The molecule has 36 heavy (non-hydrogen) atoms. The van der Waals surface area contributed by atoms with Gasteiger partial charge in [-0.05, 0) is 73.5 Å². The lowest BCUT2D eigenvalue weighted by Gasteiger charge is -2.24. The second-order valence-electron chi connectivity index (χ2n) is 9.37. The minimum absolute atomic E-state index is 0.0211. The number of rotatable bonds is 6. The Kier molecular flexibility index (Phi) is 7.19. The number of halogens is 2. The van der Waals surface area contributed by atoms with Crippen molar-refractivity contribution in [1.29, 1.82) is 0 Å². The molecule has 0 unspecified atom stereocenters. The second-order valence-corrected chi connectivity index (χ2v) is 10.2. The van der Waals surface area contributed by atoms with Gasteiger partial charge in [0.1, 0.15) is 22.4 Å². The Bertz CT molecular complexity index is 1420. The molecule has 3 aromatic rings. The number of ether oxygens (including phenoxy) is 1. The fourth-order valence-electron chi connectivity index (χ4n) is 3.92. The molecule has 1 aliphatic rings. The highest BCUT2D eigenvalue weighted by molar-refractivity contribution is 9.10. The molecule has 1 aliphatic heterocycles. The number of aryl methyl sites for hydroxylation is 2. The van der Waals surface area contributed by atoms with Gasteiger partial charge in [0, 0.05) is 36.1 Å². The molecule has 0 saturated carbocycles. The van der Waals surface area contributed by atoms with Crippen LogP contribution in [-0.2, 0) is 12.2 Å². The Balaban J connectivity index is 1.68. The fraction of sp³-hybridized carbons (Fsp3) is 0.346. The maximum Gasteiger partial charge on any atom is 0.273 e. The topological polar surface area (TPSA) is 102 Å². The molecule has 8 nitrogen and oxygen atoms in total. The number of aliphatic hydroxyl groups is 1. The van der Waals surface area contributed by atoms with E-state index in [1.54, 1.807) is 49.7 Å². The first kappa shape index (κ1) is 25.8. The van der Waals surface area contributed by atoms with Crippen molar-refractivity contribution in [3.05, 3.63) is 85.8 Å². The molecule has 0 aromatic carbocycles. The zero-order valence-electron chi connectivity index (χ0n) is 20.7. The Hall–Kier alpha value is -3.24. The van der Waals surface area contributed by atoms with Crippen molar-refractivity contribution in [1.82, 2.24) is 19.5 Å². The summed E-state index contributed by atoms with van der Waals surface area (Å²) in [7, 11) is 0. The van der Waals surface area contributed by atoms with Crippen molar-refractivity contribution in [3.8, 4) is 5.75 Å². The normalized spacial score (nSPS) is 15.9. The first-order valence-corrected chi connectivity index (χ1v) is 12.2. The summed E-state index contributed by atoms with van der Waals surface area (Å²) in [5, 5.41) is 10.3. The van der Waals surface area contributed by atoms with Crippen LogP contribution in [0.15, 0.2) is 50.8 Å². The van der Waals surface area contributed by atoms with E-state index in [4.69, 9.17) is 4.74 Å². The van der Waals surface area contributed by atoms with Crippen molar-refractivity contribution < 1.29 is 14.2 Å². The molecule has 188 valence electrons. The summed E-state index contributed by atoms with van der Waals surface area (Å²) < 4.78 is 21.3. The van der Waals surface area contributed by atoms with E-state index >= 15 is 0 Å². The summed E-state index contributed by atoms with van der Waals surface area (Å²) in [6, 6.07) is 6.56. The fourth-order valence-corrected chi connectivity index (χ4v) is 4.33. The zero-order valence-corrected chi connectivity index (χ0v) is 22.3.